The summed E-state index contributed by atoms with van der Waals surface area (Å²) in [6.45, 7) is -0.558. The van der Waals surface area contributed by atoms with Crippen LogP contribution < -0.4 is 4.90 Å². The molecule has 0 bridgehead atoms. The molecule has 2 aromatic rings. The zero-order valence-electron chi connectivity index (χ0n) is 14.6. The summed E-state index contributed by atoms with van der Waals surface area (Å²) in [5.41, 5.74) is -0.443. The van der Waals surface area contributed by atoms with E-state index in [4.69, 9.17) is 11.6 Å². The van der Waals surface area contributed by atoms with Crippen LogP contribution in [0.4, 0.5) is 5.69 Å². The van der Waals surface area contributed by atoms with Gasteiger partial charge in [-0.15, -0.1) is 0 Å². The molecule has 1 fully saturated rings. The number of fused-ring (bicyclic) bond motifs is 2. The second-order valence-corrected chi connectivity index (χ2v) is 7.24. The minimum Gasteiger partial charge on any atom is -0.480 e. The van der Waals surface area contributed by atoms with E-state index in [1.165, 1.54) is 18.2 Å². The van der Waals surface area contributed by atoms with E-state index in [1.807, 2.05) is 6.07 Å². The third-order valence-corrected chi connectivity index (χ3v) is 5.36. The van der Waals surface area contributed by atoms with Crippen LogP contribution in [-0.2, 0) is 31.1 Å². The number of hydrogen-bond donors (Lipinski definition) is 1. The Morgan fingerprint density at radius 2 is 1.71 bits per heavy atom. The van der Waals surface area contributed by atoms with Gasteiger partial charge in [0.25, 0.3) is 0 Å². The molecule has 8 heteroatoms. The summed E-state index contributed by atoms with van der Waals surface area (Å²) >= 11 is 6.08. The molecule has 1 spiro atoms. The topological polar surface area (TPSA) is 95.0 Å². The first-order chi connectivity index (χ1) is 13.3. The largest absolute Gasteiger partial charge is 0.480 e. The number of imide groups is 1. The van der Waals surface area contributed by atoms with Crippen molar-refractivity contribution in [2.24, 2.45) is 0 Å². The molecule has 1 atom stereocenters. The number of carboxylic acid groups (broad SMARTS) is 1. The highest BCUT2D eigenvalue weighted by Gasteiger charge is 2.63. The lowest BCUT2D eigenvalue weighted by atomic mass is 9.80. The number of rotatable bonds is 4. The maximum Gasteiger partial charge on any atom is 0.323 e. The van der Waals surface area contributed by atoms with Crippen LogP contribution in [-0.4, -0.2) is 40.2 Å². The summed E-state index contributed by atoms with van der Waals surface area (Å²) in [6, 6.07) is 13.5. The van der Waals surface area contributed by atoms with Gasteiger partial charge in [0.1, 0.15) is 6.54 Å². The lowest BCUT2D eigenvalue weighted by Crippen LogP contribution is -2.47. The van der Waals surface area contributed by atoms with Crippen molar-refractivity contribution in [3.05, 3.63) is 64.7 Å². The molecule has 0 unspecified atom stereocenters. The van der Waals surface area contributed by atoms with Gasteiger partial charge in [0.2, 0.25) is 17.7 Å². The standard InChI is InChI=1S/C20H15ClN2O5/c21-13-6-7-15-14(8-13)20(18(27)22(15)11-17(25)26)9-16(24)23(19(20)28)10-12-4-2-1-3-5-12/h1-8H,9-11H2,(H,25,26)/t20-/m1/s1. The minimum atomic E-state index is -1.76. The van der Waals surface area contributed by atoms with Crippen LogP contribution in [0.25, 0.3) is 0 Å². The highest BCUT2D eigenvalue weighted by Crippen LogP contribution is 2.49. The molecule has 3 amide bonds. The molecular weight excluding hydrogens is 384 g/mol. The maximum absolute atomic E-state index is 13.3. The molecule has 0 aliphatic carbocycles. The molecule has 2 aliphatic rings. The Balaban J connectivity index is 1.79. The van der Waals surface area contributed by atoms with E-state index < -0.39 is 35.7 Å². The first-order valence-electron chi connectivity index (χ1n) is 8.57. The quantitative estimate of drug-likeness (QED) is 0.627. The van der Waals surface area contributed by atoms with Crippen molar-refractivity contribution in [2.75, 3.05) is 11.4 Å². The molecule has 28 heavy (non-hydrogen) atoms. The number of carbonyl (C=O) groups is 4. The van der Waals surface area contributed by atoms with Gasteiger partial charge in [-0.25, -0.2) is 0 Å². The number of halogens is 1. The number of nitrogens with zero attached hydrogens (tertiary/aromatic N) is 2. The van der Waals surface area contributed by atoms with Crippen molar-refractivity contribution in [3.63, 3.8) is 0 Å². The van der Waals surface area contributed by atoms with Crippen LogP contribution in [0.15, 0.2) is 48.5 Å². The van der Waals surface area contributed by atoms with Crippen molar-refractivity contribution in [2.45, 2.75) is 18.4 Å². The third kappa shape index (κ3) is 2.58. The van der Waals surface area contributed by atoms with Gasteiger partial charge in [0.15, 0.2) is 5.41 Å². The lowest BCUT2D eigenvalue weighted by Gasteiger charge is -2.22. The van der Waals surface area contributed by atoms with Gasteiger partial charge < -0.3 is 5.11 Å². The van der Waals surface area contributed by atoms with Crippen LogP contribution >= 0.6 is 11.6 Å². The SMILES string of the molecule is O=C(O)CN1C(=O)[C@@]2(CC(=O)N(Cc3ccccc3)C2=O)c2cc(Cl)ccc21. The fourth-order valence-electron chi connectivity index (χ4n) is 3.88. The molecule has 1 N–H and O–H groups in total. The van der Waals surface area contributed by atoms with Gasteiger partial charge in [0, 0.05) is 16.3 Å². The Kier molecular flexibility index (Phi) is 4.19. The smallest absolute Gasteiger partial charge is 0.323 e. The summed E-state index contributed by atoms with van der Waals surface area (Å²) < 4.78 is 0. The van der Waals surface area contributed by atoms with Crippen molar-refractivity contribution >= 4 is 41.0 Å². The van der Waals surface area contributed by atoms with Crippen LogP contribution in [0.1, 0.15) is 17.5 Å². The summed E-state index contributed by atoms with van der Waals surface area (Å²) in [5.74, 6) is -3.06. The molecule has 0 aromatic heterocycles. The van der Waals surface area contributed by atoms with Gasteiger partial charge in [-0.05, 0) is 23.8 Å². The molecule has 0 saturated carbocycles. The number of likely N-dealkylation sites (tertiary alicyclic amines) is 1. The Morgan fingerprint density at radius 1 is 1.04 bits per heavy atom. The third-order valence-electron chi connectivity index (χ3n) is 5.12. The van der Waals surface area contributed by atoms with E-state index in [-0.39, 0.29) is 18.5 Å². The van der Waals surface area contributed by atoms with Crippen molar-refractivity contribution < 1.29 is 24.3 Å². The number of carboxylic acids is 1. The molecule has 2 heterocycles. The van der Waals surface area contributed by atoms with Crippen LogP contribution in [0.3, 0.4) is 0 Å². The second kappa shape index (κ2) is 6.45. The highest BCUT2D eigenvalue weighted by atomic mass is 35.5. The van der Waals surface area contributed by atoms with E-state index in [1.54, 1.807) is 24.3 Å². The predicted molar refractivity (Wildman–Crippen MR) is 99.7 cm³/mol. The number of amides is 3. The summed E-state index contributed by atoms with van der Waals surface area (Å²) in [5, 5.41) is 9.48. The number of hydrogen-bond acceptors (Lipinski definition) is 4. The molecule has 2 aromatic carbocycles. The van der Waals surface area contributed by atoms with E-state index in [9.17, 15) is 24.3 Å². The molecule has 4 rings (SSSR count). The Morgan fingerprint density at radius 3 is 2.39 bits per heavy atom. The predicted octanol–water partition coefficient (Wildman–Crippen LogP) is 1.97. The summed E-state index contributed by atoms with van der Waals surface area (Å²) in [6.07, 6.45) is -0.346. The van der Waals surface area contributed by atoms with Crippen molar-refractivity contribution in [1.29, 1.82) is 0 Å². The average Bonchev–Trinajstić information content (AvgIpc) is 3.03. The molecule has 2 aliphatic heterocycles. The first kappa shape index (κ1) is 18.2. The van der Waals surface area contributed by atoms with E-state index >= 15 is 0 Å². The molecular formula is C20H15ClN2O5. The normalized spacial score (nSPS) is 21.0. The van der Waals surface area contributed by atoms with Gasteiger partial charge in [-0.1, -0.05) is 41.9 Å². The lowest BCUT2D eigenvalue weighted by molar-refractivity contribution is -0.143. The van der Waals surface area contributed by atoms with Crippen LogP contribution in [0.5, 0.6) is 0 Å². The van der Waals surface area contributed by atoms with Crippen LogP contribution in [0, 0.1) is 0 Å². The van der Waals surface area contributed by atoms with Crippen LogP contribution in [0.2, 0.25) is 5.02 Å². The molecule has 7 nitrogen and oxygen atoms in total. The van der Waals surface area contributed by atoms with Gasteiger partial charge >= 0.3 is 5.97 Å². The summed E-state index contributed by atoms with van der Waals surface area (Å²) in [4.78, 5) is 52.6. The molecule has 0 radical (unpaired) electrons. The molecule has 1 saturated heterocycles. The summed E-state index contributed by atoms with van der Waals surface area (Å²) in [7, 11) is 0. The Labute approximate surface area is 165 Å². The fraction of sp³-hybridized carbons (Fsp3) is 0.200. The van der Waals surface area contributed by atoms with Crippen molar-refractivity contribution in [3.8, 4) is 0 Å². The number of carbonyl (C=O) groups excluding carboxylic acids is 3. The number of aliphatic carboxylic acids is 1. The molecule has 142 valence electrons. The second-order valence-electron chi connectivity index (χ2n) is 6.80. The Hall–Kier alpha value is -3.19. The van der Waals surface area contributed by atoms with Gasteiger partial charge in [0.05, 0.1) is 13.0 Å². The number of benzene rings is 2. The van der Waals surface area contributed by atoms with Crippen molar-refractivity contribution in [1.82, 2.24) is 4.90 Å². The zero-order chi connectivity index (χ0) is 20.1. The monoisotopic (exact) mass is 398 g/mol. The minimum absolute atomic E-state index is 0.0440. The Bertz CT molecular complexity index is 1020. The fourth-order valence-corrected chi connectivity index (χ4v) is 4.05. The zero-order valence-corrected chi connectivity index (χ0v) is 15.3. The van der Waals surface area contributed by atoms with E-state index in [0.29, 0.717) is 10.7 Å². The number of anilines is 1. The highest BCUT2D eigenvalue weighted by molar-refractivity contribution is 6.32. The maximum atomic E-state index is 13.3. The average molecular weight is 399 g/mol. The van der Waals surface area contributed by atoms with Gasteiger partial charge in [-0.3, -0.25) is 29.0 Å². The van der Waals surface area contributed by atoms with E-state index in [0.717, 1.165) is 15.4 Å². The van der Waals surface area contributed by atoms with Gasteiger partial charge in [-0.2, -0.15) is 0 Å². The first-order valence-corrected chi connectivity index (χ1v) is 8.95. The van der Waals surface area contributed by atoms with E-state index in [2.05, 4.69) is 0 Å².